The minimum Gasteiger partial charge on any atom is -0.394 e. The second-order valence-corrected chi connectivity index (χ2v) is 26.2. The van der Waals surface area contributed by atoms with Gasteiger partial charge in [-0.1, -0.05) is 88.6 Å². The summed E-state index contributed by atoms with van der Waals surface area (Å²) < 4.78 is 0. The smallest absolute Gasteiger partial charge is 0.248 e. The van der Waals surface area contributed by atoms with Crippen molar-refractivity contribution in [3.8, 4) is 0 Å². The number of fused-ring (bicyclic) bond motifs is 3. The molecule has 0 aromatic carbocycles. The van der Waals surface area contributed by atoms with Gasteiger partial charge in [-0.05, 0) is 78.7 Å². The van der Waals surface area contributed by atoms with Gasteiger partial charge >= 0.3 is 0 Å². The zero-order chi connectivity index (χ0) is 69.0. The predicted molar refractivity (Wildman–Crippen MR) is 328 cm³/mol. The summed E-state index contributed by atoms with van der Waals surface area (Å²) in [6, 6.07) is -16.8. The third-order valence-corrected chi connectivity index (χ3v) is 15.0. The highest BCUT2D eigenvalue weighted by Crippen LogP contribution is 2.26. The summed E-state index contributed by atoms with van der Waals surface area (Å²) >= 11 is 0. The number of rotatable bonds is 19. The van der Waals surface area contributed by atoms with Crippen LogP contribution in [0.3, 0.4) is 0 Å². The number of aliphatic hydroxyl groups excluding tert-OH is 4. The third-order valence-electron chi connectivity index (χ3n) is 15.0. The number of nitrogens with zero attached hydrogens (tertiary/aromatic N) is 1. The van der Waals surface area contributed by atoms with Crippen molar-refractivity contribution in [2.45, 2.75) is 206 Å². The molecule has 33 heteroatoms. The minimum absolute atomic E-state index is 0.0178. The number of carbonyl (C=O) groups excluding carboxylic acids is 12. The molecule has 0 spiro atoms. The van der Waals surface area contributed by atoms with E-state index in [1.54, 1.807) is 41.5 Å². The van der Waals surface area contributed by atoms with Gasteiger partial charge in [-0.15, -0.1) is 0 Å². The molecule has 3 rings (SSSR count). The molecule has 0 saturated carbocycles. The summed E-state index contributed by atoms with van der Waals surface area (Å²) in [6.45, 7) is 16.5. The van der Waals surface area contributed by atoms with Gasteiger partial charge in [-0.25, -0.2) is 0 Å². The fourth-order valence-electron chi connectivity index (χ4n) is 10.2. The largest absolute Gasteiger partial charge is 0.394 e. The molecular formula is C58H97N17O16. The zero-order valence-corrected chi connectivity index (χ0v) is 53.6. The maximum Gasteiger partial charge on any atom is 0.248 e. The summed E-state index contributed by atoms with van der Waals surface area (Å²) in [5, 5.41) is 81.7. The fourth-order valence-corrected chi connectivity index (χ4v) is 10.2. The van der Waals surface area contributed by atoms with Crippen molar-refractivity contribution in [3.63, 3.8) is 0 Å². The molecule has 1 aromatic heterocycles. The lowest BCUT2D eigenvalue weighted by atomic mass is 9.86. The van der Waals surface area contributed by atoms with E-state index in [2.05, 4.69) is 63.5 Å². The number of amides is 12. The molecule has 2 unspecified atom stereocenters. The number of primary amides is 1. The molecule has 3 heterocycles. The number of carbonyl (C=O) groups is 12. The van der Waals surface area contributed by atoms with Crippen LogP contribution >= 0.6 is 0 Å². The van der Waals surface area contributed by atoms with E-state index in [-0.39, 0.29) is 63.0 Å². The van der Waals surface area contributed by atoms with E-state index < -0.39 is 197 Å². The molecule has 2 fully saturated rings. The number of pyridine rings is 1. The van der Waals surface area contributed by atoms with E-state index in [1.807, 2.05) is 26.1 Å². The molecule has 2 bridgehead atoms. The van der Waals surface area contributed by atoms with Crippen LogP contribution < -0.4 is 81.0 Å². The third kappa shape index (κ3) is 24.5. The van der Waals surface area contributed by atoms with Crippen molar-refractivity contribution in [1.82, 2.24) is 68.8 Å². The van der Waals surface area contributed by atoms with Gasteiger partial charge in [0.25, 0.3) is 0 Å². The quantitative estimate of drug-likeness (QED) is 0.0348. The number of aliphatic hydroxyl groups is 4. The predicted octanol–water partition coefficient (Wildman–Crippen LogP) is -6.11. The molecule has 33 nitrogen and oxygen atoms in total. The Morgan fingerprint density at radius 3 is 1.84 bits per heavy atom. The summed E-state index contributed by atoms with van der Waals surface area (Å²) in [5.74, 6) is -16.7. The molecule has 2 aliphatic rings. The molecule has 15 atom stereocenters. The first-order chi connectivity index (χ1) is 42.3. The van der Waals surface area contributed by atoms with Crippen molar-refractivity contribution in [3.05, 3.63) is 30.1 Å². The Morgan fingerprint density at radius 2 is 1.29 bits per heavy atom. The van der Waals surface area contributed by atoms with Crippen LogP contribution in [0, 0.1) is 34.0 Å². The van der Waals surface area contributed by atoms with Crippen molar-refractivity contribution >= 4 is 76.8 Å². The normalized spacial score (nSPS) is 26.4. The average Bonchev–Trinajstić information content (AvgIpc) is 1.81. The molecule has 510 valence electrons. The van der Waals surface area contributed by atoms with Crippen LogP contribution in [-0.4, -0.2) is 201 Å². The van der Waals surface area contributed by atoms with Crippen molar-refractivity contribution in [2.24, 2.45) is 45.8 Å². The van der Waals surface area contributed by atoms with Crippen LogP contribution in [0.5, 0.6) is 0 Å². The van der Waals surface area contributed by atoms with Crippen LogP contribution in [0.25, 0.3) is 0 Å². The number of hydrogen-bond acceptors (Lipinski definition) is 19. The van der Waals surface area contributed by atoms with Gasteiger partial charge in [0.2, 0.25) is 70.9 Å². The van der Waals surface area contributed by atoms with Crippen molar-refractivity contribution in [1.29, 1.82) is 5.41 Å². The average molecular weight is 1290 g/mol. The van der Waals surface area contributed by atoms with Gasteiger partial charge < -0.3 is 101 Å². The van der Waals surface area contributed by atoms with E-state index in [0.717, 1.165) is 6.20 Å². The molecule has 0 radical (unpaired) electrons. The first kappa shape index (κ1) is 77.1. The van der Waals surface area contributed by atoms with Gasteiger partial charge in [0, 0.05) is 18.9 Å². The Kier molecular flexibility index (Phi) is 29.6. The lowest BCUT2D eigenvalue weighted by molar-refractivity contribution is -0.140. The van der Waals surface area contributed by atoms with E-state index in [0.29, 0.717) is 0 Å². The number of aromatic nitrogens is 1. The minimum atomic E-state index is -2.56. The SMILES string of the molecule is CC[C@@H]1C[C@H](O)[C@@H]2NC(=O)[C@H]1NC(=O)[C@@H](CCCNC(=N)N)NC(=O)[C@H](CC(C)C)NC(=O)[C@H]([C@H](O)C(C)C)NC(=O)[C@@H](NC(=O)[C@H](CC(C)(C)C)NC(=O)[C@H](N)CC(C)(C)C)[C@@H](c1cccnc1)NC(=O)C(CO)NC(=O)C([C@H](O)C(N)=O)NC(=O)CNC2=O. The molecule has 2 saturated heterocycles. The second kappa shape index (κ2) is 34.9. The summed E-state index contributed by atoms with van der Waals surface area (Å²) in [4.78, 5) is 175. The number of guanidine groups is 1. The van der Waals surface area contributed by atoms with Gasteiger partial charge in [-0.3, -0.25) is 67.9 Å². The van der Waals surface area contributed by atoms with Gasteiger partial charge in [0.05, 0.1) is 37.4 Å². The Bertz CT molecular complexity index is 2740. The fraction of sp³-hybridized carbons (Fsp3) is 0.690. The number of nitrogens with two attached hydrogens (primary N) is 3. The number of nitrogens with one attached hydrogen (secondary N) is 13. The van der Waals surface area contributed by atoms with Gasteiger partial charge in [0.15, 0.2) is 12.1 Å². The van der Waals surface area contributed by atoms with E-state index in [4.69, 9.17) is 22.6 Å². The number of hydrogen-bond donors (Lipinski definition) is 20. The lowest BCUT2D eigenvalue weighted by Crippen LogP contribution is -2.65. The maximum atomic E-state index is 15.4. The van der Waals surface area contributed by atoms with E-state index in [1.165, 1.54) is 32.2 Å². The molecule has 2 aliphatic heterocycles. The Labute approximate surface area is 528 Å². The standard InChI is InChI=1S/C58H97N17O16/c1-12-28-20-35(77)39-51(87)65-24-36(78)70-42(44(80)45(60)81)55(91)69-34(25-76)50(86)71-37(29-15-13-17-63-23-29)40(74-49(85)33(22-58(9,10)11)68-46(82)30(59)21-57(6,7)8)53(89)75-41(43(79)27(4)5)54(90)67-32(19-26(2)3)48(84)66-31(16-14-18-64-56(61)62)47(83)72-38(28)52(88)73-39/h13,15,17,23,26-28,30-35,37-44,76-77,79-80H,12,14,16,18-22,24-25,59H2,1-11H3,(H2,60,81)(H,65,87)(H,66,84)(H,67,90)(H,68,82)(H,69,91)(H,70,78)(H,71,86)(H,72,83)(H,73,88)(H,74,85)(H,75,89)(H4,61,62,64)/t28-,30-,31-,32+,33+,34?,35+,37-,38+,39+,40+,41+,42?,43-,44+/m1/s1. The van der Waals surface area contributed by atoms with Crippen LogP contribution in [0.2, 0.25) is 0 Å². The van der Waals surface area contributed by atoms with Gasteiger partial charge in [0.1, 0.15) is 54.4 Å². The molecular weight excluding hydrogens is 1190 g/mol. The highest BCUT2D eigenvalue weighted by molar-refractivity contribution is 6.01. The van der Waals surface area contributed by atoms with E-state index in [9.17, 15) is 73.2 Å². The first-order valence-corrected chi connectivity index (χ1v) is 30.3. The highest BCUT2D eigenvalue weighted by atomic mass is 16.3. The first-order valence-electron chi connectivity index (χ1n) is 30.3. The summed E-state index contributed by atoms with van der Waals surface area (Å²) in [6.07, 6.45) is -3.94. The molecule has 91 heavy (non-hydrogen) atoms. The lowest BCUT2D eigenvalue weighted by Gasteiger charge is -2.34. The molecule has 1 aromatic rings. The van der Waals surface area contributed by atoms with Crippen LogP contribution in [0.15, 0.2) is 24.5 Å². The summed E-state index contributed by atoms with van der Waals surface area (Å²) in [5.41, 5.74) is 15.9. The van der Waals surface area contributed by atoms with Crippen LogP contribution in [-0.2, 0) is 57.5 Å². The molecule has 0 aliphatic carbocycles. The van der Waals surface area contributed by atoms with Crippen molar-refractivity contribution < 1.29 is 78.0 Å². The maximum absolute atomic E-state index is 15.4. The summed E-state index contributed by atoms with van der Waals surface area (Å²) in [7, 11) is 0. The zero-order valence-electron chi connectivity index (χ0n) is 53.6. The van der Waals surface area contributed by atoms with E-state index >= 15 is 4.79 Å². The van der Waals surface area contributed by atoms with Gasteiger partial charge in [-0.2, -0.15) is 0 Å². The van der Waals surface area contributed by atoms with Crippen LogP contribution in [0.1, 0.15) is 133 Å². The Balaban J connectivity index is 2.41. The Morgan fingerprint density at radius 1 is 0.714 bits per heavy atom. The van der Waals surface area contributed by atoms with Crippen LogP contribution in [0.4, 0.5) is 0 Å². The topological polar surface area (TPSA) is 545 Å². The monoisotopic (exact) mass is 1290 g/mol. The van der Waals surface area contributed by atoms with Crippen molar-refractivity contribution in [2.75, 3.05) is 19.7 Å². The highest BCUT2D eigenvalue weighted by Gasteiger charge is 2.45. The molecule has 23 N–H and O–H groups in total. The molecule has 12 amide bonds. The Hall–Kier alpha value is -8.14. The second-order valence-electron chi connectivity index (χ2n) is 26.2.